The molecule has 72 valence electrons. The Balaban J connectivity index is 2.78. The second-order valence-corrected chi connectivity index (χ2v) is 3.34. The quantitative estimate of drug-likeness (QED) is 0.492. The van der Waals surface area contributed by atoms with Crippen molar-refractivity contribution in [3.63, 3.8) is 0 Å². The third-order valence-electron chi connectivity index (χ3n) is 2.62. The van der Waals surface area contributed by atoms with Crippen LogP contribution < -0.4 is 0 Å². The number of aliphatic hydroxyl groups excluding tert-OH is 2. The maximum Gasteiger partial charge on any atom is 0.121 e. The van der Waals surface area contributed by atoms with Gasteiger partial charge >= 0.3 is 0 Å². The molecule has 1 aliphatic heterocycles. The van der Waals surface area contributed by atoms with Crippen molar-refractivity contribution in [3.05, 3.63) is 0 Å². The molecule has 0 aromatic heterocycles. The lowest BCUT2D eigenvalue weighted by Gasteiger charge is -2.43. The summed E-state index contributed by atoms with van der Waals surface area (Å²) in [6.07, 6.45) is -2.10. The minimum atomic E-state index is -1.41. The van der Waals surface area contributed by atoms with E-state index in [0.717, 1.165) is 0 Å². The summed E-state index contributed by atoms with van der Waals surface area (Å²) in [6.45, 7) is 3.49. The number of hydrogen-bond acceptors (Lipinski definition) is 4. The Morgan fingerprint density at radius 3 is 2.50 bits per heavy atom. The average molecular weight is 176 g/mol. The van der Waals surface area contributed by atoms with Gasteiger partial charge in [-0.3, -0.25) is 0 Å². The topological polar surface area (TPSA) is 69.9 Å². The Hall–Kier alpha value is -0.160. The van der Waals surface area contributed by atoms with Gasteiger partial charge in [-0.05, 0) is 13.3 Å². The Labute approximate surface area is 71.8 Å². The van der Waals surface area contributed by atoms with Crippen LogP contribution in [0.2, 0.25) is 0 Å². The van der Waals surface area contributed by atoms with Gasteiger partial charge in [-0.1, -0.05) is 6.92 Å². The molecule has 0 aromatic rings. The van der Waals surface area contributed by atoms with Gasteiger partial charge in [-0.15, -0.1) is 0 Å². The van der Waals surface area contributed by atoms with Crippen molar-refractivity contribution in [3.8, 4) is 0 Å². The van der Waals surface area contributed by atoms with Crippen LogP contribution in [0.5, 0.6) is 0 Å². The maximum absolute atomic E-state index is 9.81. The molecule has 4 heteroatoms. The summed E-state index contributed by atoms with van der Waals surface area (Å²) < 4.78 is 5.04. The molecule has 0 amide bonds. The second kappa shape index (κ2) is 3.30. The van der Waals surface area contributed by atoms with Gasteiger partial charge in [0.15, 0.2) is 0 Å². The van der Waals surface area contributed by atoms with Crippen LogP contribution in [0.15, 0.2) is 0 Å². The number of hydrogen-bond donors (Lipinski definition) is 3. The molecule has 0 radical (unpaired) electrons. The Morgan fingerprint density at radius 1 is 1.50 bits per heavy atom. The SMILES string of the molecule is CCC1(O)C(O)CO[C@@H](C)[C@H]1O. The van der Waals surface area contributed by atoms with E-state index in [2.05, 4.69) is 0 Å². The number of aliphatic hydroxyl groups is 3. The van der Waals surface area contributed by atoms with E-state index in [4.69, 9.17) is 4.74 Å². The van der Waals surface area contributed by atoms with Crippen molar-refractivity contribution >= 4 is 0 Å². The van der Waals surface area contributed by atoms with E-state index >= 15 is 0 Å². The minimum absolute atomic E-state index is 0.0859. The van der Waals surface area contributed by atoms with Crippen LogP contribution in [0.1, 0.15) is 20.3 Å². The molecule has 0 bridgehead atoms. The maximum atomic E-state index is 9.81. The lowest BCUT2D eigenvalue weighted by atomic mass is 9.83. The van der Waals surface area contributed by atoms with E-state index in [9.17, 15) is 15.3 Å². The third-order valence-corrected chi connectivity index (χ3v) is 2.62. The van der Waals surface area contributed by atoms with Crippen LogP contribution in [0.25, 0.3) is 0 Å². The summed E-state index contributed by atoms with van der Waals surface area (Å²) >= 11 is 0. The number of rotatable bonds is 1. The van der Waals surface area contributed by atoms with Gasteiger partial charge in [-0.25, -0.2) is 0 Å². The normalized spacial score (nSPS) is 49.2. The van der Waals surface area contributed by atoms with E-state index < -0.39 is 23.9 Å². The van der Waals surface area contributed by atoms with Crippen molar-refractivity contribution in [2.45, 2.75) is 44.2 Å². The first-order valence-corrected chi connectivity index (χ1v) is 4.22. The van der Waals surface area contributed by atoms with Gasteiger partial charge in [0, 0.05) is 0 Å². The van der Waals surface area contributed by atoms with E-state index in [1.807, 2.05) is 0 Å². The van der Waals surface area contributed by atoms with Crippen molar-refractivity contribution in [1.29, 1.82) is 0 Å². The number of ether oxygens (including phenoxy) is 1. The van der Waals surface area contributed by atoms with Crippen LogP contribution in [-0.4, -0.2) is 45.8 Å². The molecule has 3 N–H and O–H groups in total. The van der Waals surface area contributed by atoms with Crippen LogP contribution in [-0.2, 0) is 4.74 Å². The molecule has 12 heavy (non-hydrogen) atoms. The summed E-state index contributed by atoms with van der Waals surface area (Å²) in [5.74, 6) is 0. The second-order valence-electron chi connectivity index (χ2n) is 3.34. The molecule has 0 aromatic carbocycles. The van der Waals surface area contributed by atoms with Crippen molar-refractivity contribution in [1.82, 2.24) is 0 Å². The van der Waals surface area contributed by atoms with Gasteiger partial charge < -0.3 is 20.1 Å². The zero-order valence-electron chi connectivity index (χ0n) is 7.40. The van der Waals surface area contributed by atoms with E-state index in [-0.39, 0.29) is 6.61 Å². The van der Waals surface area contributed by atoms with E-state index in [0.29, 0.717) is 6.42 Å². The van der Waals surface area contributed by atoms with Gasteiger partial charge in [0.25, 0.3) is 0 Å². The molecule has 0 saturated carbocycles. The summed E-state index contributed by atoms with van der Waals surface area (Å²) in [7, 11) is 0. The monoisotopic (exact) mass is 176 g/mol. The zero-order valence-corrected chi connectivity index (χ0v) is 7.40. The summed E-state index contributed by atoms with van der Waals surface area (Å²) in [5.41, 5.74) is -1.41. The lowest BCUT2D eigenvalue weighted by Crippen LogP contribution is -2.61. The molecule has 1 rings (SSSR count). The van der Waals surface area contributed by atoms with Crippen molar-refractivity contribution in [2.75, 3.05) is 6.61 Å². The van der Waals surface area contributed by atoms with Gasteiger partial charge in [0.05, 0.1) is 12.7 Å². The van der Waals surface area contributed by atoms with Crippen LogP contribution in [0.4, 0.5) is 0 Å². The summed E-state index contributed by atoms with van der Waals surface area (Å²) in [4.78, 5) is 0. The first-order chi connectivity index (χ1) is 5.52. The van der Waals surface area contributed by atoms with Crippen molar-refractivity contribution in [2.24, 2.45) is 0 Å². The fourth-order valence-corrected chi connectivity index (χ4v) is 1.53. The highest BCUT2D eigenvalue weighted by Gasteiger charge is 2.47. The fourth-order valence-electron chi connectivity index (χ4n) is 1.53. The Morgan fingerprint density at radius 2 is 2.08 bits per heavy atom. The molecule has 1 heterocycles. The molecular weight excluding hydrogens is 160 g/mol. The molecule has 1 fully saturated rings. The van der Waals surface area contributed by atoms with Crippen LogP contribution >= 0.6 is 0 Å². The highest BCUT2D eigenvalue weighted by atomic mass is 16.5. The molecule has 0 spiro atoms. The molecular formula is C8H16O4. The standard InChI is InChI=1S/C8H16O4/c1-3-8(11)6(9)4-12-5(2)7(8)10/h5-7,9-11H,3-4H2,1-2H3/t5-,6?,7+,8?/m0/s1. The third kappa shape index (κ3) is 1.35. The first-order valence-electron chi connectivity index (χ1n) is 4.22. The molecule has 1 saturated heterocycles. The molecule has 1 aliphatic rings. The molecule has 4 nitrogen and oxygen atoms in total. The average Bonchev–Trinajstić information content (AvgIpc) is 2.08. The van der Waals surface area contributed by atoms with E-state index in [1.165, 1.54) is 0 Å². The summed E-state index contributed by atoms with van der Waals surface area (Å²) in [5, 5.41) is 28.7. The highest BCUT2D eigenvalue weighted by molar-refractivity contribution is 4.97. The van der Waals surface area contributed by atoms with Crippen molar-refractivity contribution < 1.29 is 20.1 Å². The van der Waals surface area contributed by atoms with Gasteiger partial charge in [-0.2, -0.15) is 0 Å². The predicted molar refractivity (Wildman–Crippen MR) is 42.7 cm³/mol. The molecule has 2 unspecified atom stereocenters. The fraction of sp³-hybridized carbons (Fsp3) is 1.00. The summed E-state index contributed by atoms with van der Waals surface area (Å²) in [6, 6.07) is 0. The minimum Gasteiger partial charge on any atom is -0.388 e. The molecule has 4 atom stereocenters. The molecule has 0 aliphatic carbocycles. The first kappa shape index (κ1) is 9.92. The zero-order chi connectivity index (χ0) is 9.35. The van der Waals surface area contributed by atoms with Crippen LogP contribution in [0, 0.1) is 0 Å². The largest absolute Gasteiger partial charge is 0.388 e. The highest BCUT2D eigenvalue weighted by Crippen LogP contribution is 2.28. The van der Waals surface area contributed by atoms with E-state index in [1.54, 1.807) is 13.8 Å². The van der Waals surface area contributed by atoms with Gasteiger partial charge in [0.1, 0.15) is 17.8 Å². The smallest absolute Gasteiger partial charge is 0.121 e. The van der Waals surface area contributed by atoms with Crippen LogP contribution in [0.3, 0.4) is 0 Å². The Bertz CT molecular complexity index is 161. The Kier molecular flexibility index (Phi) is 2.73. The van der Waals surface area contributed by atoms with Gasteiger partial charge in [0.2, 0.25) is 0 Å². The lowest BCUT2D eigenvalue weighted by molar-refractivity contribution is -0.238. The predicted octanol–water partition coefficient (Wildman–Crippen LogP) is -0.732.